The molecule has 0 saturated carbocycles. The Morgan fingerprint density at radius 1 is 1.14 bits per heavy atom. The first kappa shape index (κ1) is 13.4. The molecule has 2 aromatic heterocycles. The maximum absolute atomic E-state index is 6.10. The third-order valence-corrected chi connectivity index (χ3v) is 3.14. The van der Waals surface area contributed by atoms with E-state index in [1.54, 1.807) is 18.6 Å². The van der Waals surface area contributed by atoms with E-state index in [0.717, 1.165) is 12.8 Å². The Bertz CT molecular complexity index is 684. The summed E-state index contributed by atoms with van der Waals surface area (Å²) in [5, 5.41) is 3.89. The van der Waals surface area contributed by atoms with Crippen LogP contribution in [0.15, 0.2) is 53.4 Å². The summed E-state index contributed by atoms with van der Waals surface area (Å²) >= 11 is 0. The van der Waals surface area contributed by atoms with Crippen LogP contribution in [0, 0.1) is 0 Å². The van der Waals surface area contributed by atoms with Gasteiger partial charge in [0.2, 0.25) is 11.7 Å². The van der Waals surface area contributed by atoms with Crippen molar-refractivity contribution >= 4 is 0 Å². The fourth-order valence-corrected chi connectivity index (χ4v) is 1.99. The zero-order valence-corrected chi connectivity index (χ0v) is 11.4. The van der Waals surface area contributed by atoms with E-state index in [1.165, 1.54) is 5.56 Å². The second-order valence-electron chi connectivity index (χ2n) is 4.68. The number of hydrogen-bond acceptors (Lipinski definition) is 6. The van der Waals surface area contributed by atoms with E-state index in [9.17, 15) is 0 Å². The Morgan fingerprint density at radius 3 is 2.76 bits per heavy atom. The molecule has 0 radical (unpaired) electrons. The fraction of sp³-hybridized carbons (Fsp3) is 0.200. The Kier molecular flexibility index (Phi) is 3.97. The van der Waals surface area contributed by atoms with Gasteiger partial charge < -0.3 is 10.3 Å². The van der Waals surface area contributed by atoms with Gasteiger partial charge >= 0.3 is 0 Å². The van der Waals surface area contributed by atoms with Crippen molar-refractivity contribution < 1.29 is 4.52 Å². The van der Waals surface area contributed by atoms with E-state index in [0.29, 0.717) is 17.4 Å². The average Bonchev–Trinajstić information content (AvgIpc) is 3.04. The number of hydrogen-bond donors (Lipinski definition) is 1. The summed E-state index contributed by atoms with van der Waals surface area (Å²) in [5.74, 6) is 0.833. The lowest BCUT2D eigenvalue weighted by atomic mass is 10.1. The van der Waals surface area contributed by atoms with Crippen LogP contribution in [-0.2, 0) is 6.42 Å². The van der Waals surface area contributed by atoms with Crippen LogP contribution in [0.25, 0.3) is 11.5 Å². The Balaban J connectivity index is 1.66. The molecule has 0 bridgehead atoms. The van der Waals surface area contributed by atoms with Crippen LogP contribution >= 0.6 is 0 Å². The van der Waals surface area contributed by atoms with Gasteiger partial charge in [0, 0.05) is 12.4 Å². The standard InChI is InChI=1S/C15H15N5O/c16-12(7-6-11-4-2-1-3-5-11)15-19-14(20-21-15)13-10-17-8-9-18-13/h1-5,8-10,12H,6-7,16H2. The summed E-state index contributed by atoms with van der Waals surface area (Å²) in [6, 6.07) is 9.88. The number of nitrogens with two attached hydrogens (primary N) is 1. The minimum absolute atomic E-state index is 0.289. The molecule has 0 aliphatic heterocycles. The summed E-state index contributed by atoms with van der Waals surface area (Å²) < 4.78 is 5.22. The largest absolute Gasteiger partial charge is 0.337 e. The molecule has 21 heavy (non-hydrogen) atoms. The molecule has 2 N–H and O–H groups in total. The second-order valence-corrected chi connectivity index (χ2v) is 4.68. The molecule has 1 atom stereocenters. The van der Waals surface area contributed by atoms with Crippen molar-refractivity contribution in [2.75, 3.05) is 0 Å². The maximum Gasteiger partial charge on any atom is 0.243 e. The fourth-order valence-electron chi connectivity index (χ4n) is 1.99. The van der Waals surface area contributed by atoms with Gasteiger partial charge in [-0.2, -0.15) is 4.98 Å². The summed E-state index contributed by atoms with van der Waals surface area (Å²) in [6.45, 7) is 0. The number of rotatable bonds is 5. The third kappa shape index (κ3) is 3.29. The molecule has 1 unspecified atom stereocenters. The van der Waals surface area contributed by atoms with Crippen LogP contribution in [0.5, 0.6) is 0 Å². The van der Waals surface area contributed by atoms with Gasteiger partial charge in [-0.1, -0.05) is 35.5 Å². The van der Waals surface area contributed by atoms with E-state index in [2.05, 4.69) is 32.2 Å². The van der Waals surface area contributed by atoms with Gasteiger partial charge in [-0.25, -0.2) is 4.98 Å². The molecule has 6 heteroatoms. The SMILES string of the molecule is NC(CCc1ccccc1)c1nc(-c2cnccn2)no1. The normalized spacial score (nSPS) is 12.2. The molecule has 0 saturated heterocycles. The number of nitrogens with zero attached hydrogens (tertiary/aromatic N) is 4. The van der Waals surface area contributed by atoms with Crippen molar-refractivity contribution in [1.82, 2.24) is 20.1 Å². The Labute approximate surface area is 122 Å². The van der Waals surface area contributed by atoms with Gasteiger partial charge in [0.1, 0.15) is 5.69 Å². The van der Waals surface area contributed by atoms with E-state index >= 15 is 0 Å². The van der Waals surface area contributed by atoms with E-state index in [4.69, 9.17) is 10.3 Å². The summed E-state index contributed by atoms with van der Waals surface area (Å²) in [6.07, 6.45) is 6.37. The molecular weight excluding hydrogens is 266 g/mol. The zero-order valence-electron chi connectivity index (χ0n) is 11.4. The quantitative estimate of drug-likeness (QED) is 0.770. The van der Waals surface area contributed by atoms with E-state index in [1.807, 2.05) is 18.2 Å². The number of aryl methyl sites for hydroxylation is 1. The van der Waals surface area contributed by atoms with Crippen molar-refractivity contribution in [2.24, 2.45) is 5.73 Å². The molecule has 0 fully saturated rings. The highest BCUT2D eigenvalue weighted by atomic mass is 16.5. The number of benzene rings is 1. The highest BCUT2D eigenvalue weighted by Crippen LogP contribution is 2.18. The topological polar surface area (TPSA) is 90.7 Å². The molecule has 6 nitrogen and oxygen atoms in total. The summed E-state index contributed by atoms with van der Waals surface area (Å²) in [5.41, 5.74) is 7.91. The molecular formula is C15H15N5O. The summed E-state index contributed by atoms with van der Waals surface area (Å²) in [7, 11) is 0. The number of aromatic nitrogens is 4. The first-order valence-electron chi connectivity index (χ1n) is 6.72. The molecule has 106 valence electrons. The van der Waals surface area contributed by atoms with E-state index in [-0.39, 0.29) is 6.04 Å². The van der Waals surface area contributed by atoms with Crippen molar-refractivity contribution in [1.29, 1.82) is 0 Å². The minimum Gasteiger partial charge on any atom is -0.337 e. The van der Waals surface area contributed by atoms with Crippen LogP contribution in [0.4, 0.5) is 0 Å². The predicted octanol–water partition coefficient (Wildman–Crippen LogP) is 2.16. The van der Waals surface area contributed by atoms with Gasteiger partial charge in [0.25, 0.3) is 0 Å². The maximum atomic E-state index is 6.10. The van der Waals surface area contributed by atoms with Crippen molar-refractivity contribution in [3.8, 4) is 11.5 Å². The third-order valence-electron chi connectivity index (χ3n) is 3.14. The summed E-state index contributed by atoms with van der Waals surface area (Å²) in [4.78, 5) is 12.4. The molecule has 1 aromatic carbocycles. The lowest BCUT2D eigenvalue weighted by molar-refractivity contribution is 0.349. The second kappa shape index (κ2) is 6.23. The molecule has 0 aliphatic carbocycles. The monoisotopic (exact) mass is 281 g/mol. The smallest absolute Gasteiger partial charge is 0.243 e. The lowest BCUT2D eigenvalue weighted by Crippen LogP contribution is -2.11. The molecule has 2 heterocycles. The average molecular weight is 281 g/mol. The van der Waals surface area contributed by atoms with Crippen LogP contribution in [0.2, 0.25) is 0 Å². The van der Waals surface area contributed by atoms with Crippen LogP contribution < -0.4 is 5.73 Å². The first-order chi connectivity index (χ1) is 10.3. The zero-order chi connectivity index (χ0) is 14.5. The molecule has 0 amide bonds. The predicted molar refractivity (Wildman–Crippen MR) is 77.0 cm³/mol. The van der Waals surface area contributed by atoms with Gasteiger partial charge in [-0.05, 0) is 18.4 Å². The van der Waals surface area contributed by atoms with Crippen molar-refractivity contribution in [3.63, 3.8) is 0 Å². The van der Waals surface area contributed by atoms with Crippen molar-refractivity contribution in [3.05, 3.63) is 60.4 Å². The highest BCUT2D eigenvalue weighted by Gasteiger charge is 2.16. The van der Waals surface area contributed by atoms with Crippen LogP contribution in [0.1, 0.15) is 23.9 Å². The van der Waals surface area contributed by atoms with Gasteiger partial charge in [0.15, 0.2) is 0 Å². The molecule has 0 spiro atoms. The van der Waals surface area contributed by atoms with Crippen LogP contribution in [0.3, 0.4) is 0 Å². The molecule has 3 rings (SSSR count). The minimum atomic E-state index is -0.289. The van der Waals surface area contributed by atoms with Gasteiger partial charge in [-0.15, -0.1) is 0 Å². The highest BCUT2D eigenvalue weighted by molar-refractivity contribution is 5.45. The van der Waals surface area contributed by atoms with Crippen LogP contribution in [-0.4, -0.2) is 20.1 Å². The Hall–Kier alpha value is -2.60. The Morgan fingerprint density at radius 2 is 2.00 bits per heavy atom. The lowest BCUT2D eigenvalue weighted by Gasteiger charge is -2.06. The molecule has 0 aliphatic rings. The molecule has 3 aromatic rings. The van der Waals surface area contributed by atoms with Crippen molar-refractivity contribution in [2.45, 2.75) is 18.9 Å². The first-order valence-corrected chi connectivity index (χ1v) is 6.72. The van der Waals surface area contributed by atoms with Gasteiger partial charge in [0.05, 0.1) is 12.2 Å². The van der Waals surface area contributed by atoms with Gasteiger partial charge in [-0.3, -0.25) is 4.98 Å². The van der Waals surface area contributed by atoms with E-state index < -0.39 is 0 Å².